The van der Waals surface area contributed by atoms with Gasteiger partial charge in [0.1, 0.15) is 0 Å². The highest BCUT2D eigenvalue weighted by Gasteiger charge is 2.84. The highest BCUT2D eigenvalue weighted by atomic mass is 16.7. The van der Waals surface area contributed by atoms with Crippen molar-refractivity contribution in [1.82, 2.24) is 0 Å². The van der Waals surface area contributed by atoms with E-state index in [-0.39, 0.29) is 5.79 Å². The van der Waals surface area contributed by atoms with Gasteiger partial charge in [0.05, 0.1) is 13.2 Å². The van der Waals surface area contributed by atoms with Crippen LogP contribution in [0.5, 0.6) is 0 Å². The van der Waals surface area contributed by atoms with Crippen LogP contribution in [0, 0.1) is 16.7 Å². The third-order valence-electron chi connectivity index (χ3n) is 6.30. The lowest BCUT2D eigenvalue weighted by atomic mass is 9.35. The van der Waals surface area contributed by atoms with Gasteiger partial charge in [0.2, 0.25) is 0 Å². The summed E-state index contributed by atoms with van der Waals surface area (Å²) < 4.78 is 12.4. The summed E-state index contributed by atoms with van der Waals surface area (Å²) in [5.41, 5.74) is 0.994. The molecule has 2 heteroatoms. The van der Waals surface area contributed by atoms with E-state index < -0.39 is 0 Å². The monoisotopic (exact) mass is 222 g/mol. The van der Waals surface area contributed by atoms with Crippen molar-refractivity contribution in [2.24, 2.45) is 16.7 Å². The molecule has 1 aliphatic heterocycles. The quantitative estimate of drug-likeness (QED) is 0.627. The summed E-state index contributed by atoms with van der Waals surface area (Å²) in [6.07, 6.45) is 9.04. The van der Waals surface area contributed by atoms with Crippen LogP contribution in [0.4, 0.5) is 0 Å². The Bertz CT molecular complexity index is 315. The van der Waals surface area contributed by atoms with Gasteiger partial charge in [0.25, 0.3) is 0 Å². The highest BCUT2D eigenvalue weighted by molar-refractivity contribution is 5.29. The van der Waals surface area contributed by atoms with E-state index in [9.17, 15) is 0 Å². The lowest BCUT2D eigenvalue weighted by molar-refractivity contribution is -0.436. The molecule has 0 radical (unpaired) electrons. The van der Waals surface area contributed by atoms with Crippen molar-refractivity contribution in [3.63, 3.8) is 0 Å². The summed E-state index contributed by atoms with van der Waals surface area (Å²) in [7, 11) is 0. The van der Waals surface area contributed by atoms with Crippen molar-refractivity contribution < 1.29 is 9.47 Å². The minimum absolute atomic E-state index is 0.158. The molecule has 3 unspecified atom stereocenters. The SMILES string of the molecule is CC12CC3(OCCCCCO3)C13CCC2C3. The summed E-state index contributed by atoms with van der Waals surface area (Å²) in [5.74, 6) is 0.825. The van der Waals surface area contributed by atoms with Crippen molar-refractivity contribution in [2.75, 3.05) is 13.2 Å². The zero-order chi connectivity index (χ0) is 10.9. The lowest BCUT2D eigenvalue weighted by Crippen LogP contribution is -2.76. The lowest BCUT2D eigenvalue weighted by Gasteiger charge is -2.74. The fraction of sp³-hybridized carbons (Fsp3) is 1.00. The van der Waals surface area contributed by atoms with Gasteiger partial charge < -0.3 is 9.47 Å². The molecular weight excluding hydrogens is 200 g/mol. The first-order valence-electron chi connectivity index (χ1n) is 7.00. The molecule has 0 N–H and O–H groups in total. The number of rotatable bonds is 0. The number of hydrogen-bond acceptors (Lipinski definition) is 2. The number of fused-ring (bicyclic) bond motifs is 1. The maximum absolute atomic E-state index is 6.20. The van der Waals surface area contributed by atoms with Crippen LogP contribution in [0.3, 0.4) is 0 Å². The van der Waals surface area contributed by atoms with Gasteiger partial charge in [-0.25, -0.2) is 0 Å². The fourth-order valence-corrected chi connectivity index (χ4v) is 5.28. The standard InChI is InChI=1S/C14H22O2/c1-12-10-14(13(12)6-5-11(12)9-13)15-7-3-2-4-8-16-14/h11H,2-10H2,1H3. The van der Waals surface area contributed by atoms with Crippen LogP contribution < -0.4 is 0 Å². The normalized spacial score (nSPS) is 53.4. The van der Waals surface area contributed by atoms with E-state index in [0.29, 0.717) is 10.8 Å². The predicted octanol–water partition coefficient (Wildman–Crippen LogP) is 3.11. The molecule has 90 valence electrons. The first kappa shape index (κ1) is 9.90. The predicted molar refractivity (Wildman–Crippen MR) is 61.0 cm³/mol. The molecule has 5 fully saturated rings. The molecular formula is C14H22O2. The van der Waals surface area contributed by atoms with Crippen molar-refractivity contribution in [3.05, 3.63) is 0 Å². The molecule has 5 rings (SSSR count). The Hall–Kier alpha value is -0.0800. The Morgan fingerprint density at radius 3 is 2.44 bits per heavy atom. The van der Waals surface area contributed by atoms with E-state index in [2.05, 4.69) is 6.92 Å². The molecule has 4 saturated carbocycles. The van der Waals surface area contributed by atoms with Crippen LogP contribution >= 0.6 is 0 Å². The van der Waals surface area contributed by atoms with E-state index in [0.717, 1.165) is 19.1 Å². The maximum Gasteiger partial charge on any atom is 0.174 e. The molecule has 2 spiro atoms. The second kappa shape index (κ2) is 2.84. The van der Waals surface area contributed by atoms with Crippen LogP contribution in [-0.2, 0) is 9.47 Å². The van der Waals surface area contributed by atoms with E-state index in [4.69, 9.17) is 9.47 Å². The highest BCUT2D eigenvalue weighted by Crippen LogP contribution is 2.85. The Morgan fingerprint density at radius 1 is 1.06 bits per heavy atom. The Morgan fingerprint density at radius 2 is 1.81 bits per heavy atom. The summed E-state index contributed by atoms with van der Waals surface area (Å²) in [6.45, 7) is 4.32. The molecule has 3 atom stereocenters. The summed E-state index contributed by atoms with van der Waals surface area (Å²) in [6, 6.07) is 0. The average Bonchev–Trinajstić information content (AvgIpc) is 2.78. The van der Waals surface area contributed by atoms with Gasteiger partial charge in [-0.15, -0.1) is 0 Å². The van der Waals surface area contributed by atoms with Crippen molar-refractivity contribution in [3.8, 4) is 0 Å². The second-order valence-electron chi connectivity index (χ2n) is 6.63. The smallest absolute Gasteiger partial charge is 0.174 e. The molecule has 16 heavy (non-hydrogen) atoms. The fourth-order valence-electron chi connectivity index (χ4n) is 5.28. The van der Waals surface area contributed by atoms with E-state index in [1.165, 1.54) is 44.9 Å². The van der Waals surface area contributed by atoms with Gasteiger partial charge in [-0.2, -0.15) is 0 Å². The Balaban J connectivity index is 1.63. The zero-order valence-corrected chi connectivity index (χ0v) is 10.3. The molecule has 0 aromatic carbocycles. The van der Waals surface area contributed by atoms with Crippen LogP contribution in [-0.4, -0.2) is 19.0 Å². The third kappa shape index (κ3) is 0.830. The topological polar surface area (TPSA) is 18.5 Å². The molecule has 0 aromatic rings. The second-order valence-corrected chi connectivity index (χ2v) is 6.63. The molecule has 1 heterocycles. The van der Waals surface area contributed by atoms with E-state index >= 15 is 0 Å². The molecule has 2 nitrogen and oxygen atoms in total. The Labute approximate surface area is 97.7 Å². The van der Waals surface area contributed by atoms with Crippen LogP contribution in [0.15, 0.2) is 0 Å². The molecule has 5 aliphatic rings. The number of ether oxygens (including phenoxy) is 2. The van der Waals surface area contributed by atoms with E-state index in [1.54, 1.807) is 0 Å². The molecule has 0 amide bonds. The van der Waals surface area contributed by atoms with Crippen LogP contribution in [0.1, 0.15) is 51.9 Å². The summed E-state index contributed by atoms with van der Waals surface area (Å²) in [5, 5.41) is 0. The maximum atomic E-state index is 6.20. The summed E-state index contributed by atoms with van der Waals surface area (Å²) in [4.78, 5) is 0. The average molecular weight is 222 g/mol. The van der Waals surface area contributed by atoms with Crippen molar-refractivity contribution in [2.45, 2.75) is 57.7 Å². The van der Waals surface area contributed by atoms with Gasteiger partial charge in [-0.05, 0) is 49.9 Å². The van der Waals surface area contributed by atoms with Gasteiger partial charge in [0, 0.05) is 11.8 Å². The zero-order valence-electron chi connectivity index (χ0n) is 10.3. The minimum atomic E-state index is -0.158. The van der Waals surface area contributed by atoms with Gasteiger partial charge in [-0.3, -0.25) is 0 Å². The largest absolute Gasteiger partial charge is 0.349 e. The van der Waals surface area contributed by atoms with E-state index in [1.807, 2.05) is 0 Å². The minimum Gasteiger partial charge on any atom is -0.349 e. The molecule has 2 bridgehead atoms. The van der Waals surface area contributed by atoms with Gasteiger partial charge in [0.15, 0.2) is 5.79 Å². The van der Waals surface area contributed by atoms with Crippen LogP contribution in [0.25, 0.3) is 0 Å². The van der Waals surface area contributed by atoms with Crippen LogP contribution in [0.2, 0.25) is 0 Å². The first-order valence-corrected chi connectivity index (χ1v) is 7.00. The molecule has 4 aliphatic carbocycles. The first-order chi connectivity index (χ1) is 7.73. The van der Waals surface area contributed by atoms with Crippen molar-refractivity contribution >= 4 is 0 Å². The Kier molecular flexibility index (Phi) is 1.76. The van der Waals surface area contributed by atoms with Crippen molar-refractivity contribution in [1.29, 1.82) is 0 Å². The summed E-state index contributed by atoms with van der Waals surface area (Å²) >= 11 is 0. The molecule has 0 aromatic heterocycles. The molecule has 1 saturated heterocycles. The van der Waals surface area contributed by atoms with Gasteiger partial charge >= 0.3 is 0 Å². The number of hydrogen-bond donors (Lipinski definition) is 0. The third-order valence-corrected chi connectivity index (χ3v) is 6.30. The van der Waals surface area contributed by atoms with Gasteiger partial charge in [-0.1, -0.05) is 6.92 Å².